The van der Waals surface area contributed by atoms with E-state index in [1.165, 1.54) is 11.6 Å². The summed E-state index contributed by atoms with van der Waals surface area (Å²) in [6.45, 7) is 1.47. The Morgan fingerprint density at radius 3 is 2.50 bits per heavy atom. The van der Waals surface area contributed by atoms with Gasteiger partial charge < -0.3 is 11.1 Å². The third kappa shape index (κ3) is 2.69. The summed E-state index contributed by atoms with van der Waals surface area (Å²) < 4.78 is 26.3. The van der Waals surface area contributed by atoms with Crippen LogP contribution in [0.4, 0.5) is 20.3 Å². The van der Waals surface area contributed by atoms with Crippen molar-refractivity contribution in [1.82, 2.24) is 9.13 Å². The van der Waals surface area contributed by atoms with E-state index in [0.717, 1.165) is 4.57 Å². The molecule has 0 spiro atoms. The number of alkyl halides is 2. The second kappa shape index (κ2) is 5.65. The Labute approximate surface area is 102 Å². The lowest BCUT2D eigenvalue weighted by Gasteiger charge is -2.15. The number of halogens is 2. The highest BCUT2D eigenvalue weighted by Gasteiger charge is 2.15. The highest BCUT2D eigenvalue weighted by atomic mass is 19.3. The molecule has 0 bridgehead atoms. The van der Waals surface area contributed by atoms with Crippen molar-refractivity contribution in [2.75, 3.05) is 17.6 Å². The van der Waals surface area contributed by atoms with Gasteiger partial charge in [-0.25, -0.2) is 13.6 Å². The van der Waals surface area contributed by atoms with Gasteiger partial charge >= 0.3 is 5.69 Å². The van der Waals surface area contributed by atoms with E-state index in [-0.39, 0.29) is 11.5 Å². The summed E-state index contributed by atoms with van der Waals surface area (Å²) in [6.07, 6.45) is -1.97. The largest absolute Gasteiger partial charge is 0.383 e. The highest BCUT2D eigenvalue weighted by molar-refractivity contribution is 5.60. The minimum Gasteiger partial charge on any atom is -0.383 e. The molecule has 1 aromatic rings. The minimum atomic E-state index is -2.61. The average molecular weight is 262 g/mol. The van der Waals surface area contributed by atoms with Crippen molar-refractivity contribution in [3.63, 3.8) is 0 Å². The van der Waals surface area contributed by atoms with Crippen LogP contribution >= 0.6 is 0 Å². The molecule has 102 valence electrons. The summed E-state index contributed by atoms with van der Waals surface area (Å²) >= 11 is 0. The summed E-state index contributed by atoms with van der Waals surface area (Å²) in [7, 11) is 1.28. The minimum absolute atomic E-state index is 0.106. The van der Waals surface area contributed by atoms with Gasteiger partial charge in [-0.2, -0.15) is 0 Å². The van der Waals surface area contributed by atoms with Crippen LogP contribution in [0.2, 0.25) is 0 Å². The molecule has 8 heteroatoms. The van der Waals surface area contributed by atoms with Gasteiger partial charge in [0.2, 0.25) is 0 Å². The van der Waals surface area contributed by atoms with E-state index in [1.54, 1.807) is 0 Å². The molecule has 0 aromatic carbocycles. The van der Waals surface area contributed by atoms with Crippen LogP contribution in [0.3, 0.4) is 0 Å². The van der Waals surface area contributed by atoms with Gasteiger partial charge in [0.05, 0.1) is 6.54 Å². The van der Waals surface area contributed by atoms with Gasteiger partial charge in [-0.05, 0) is 6.42 Å². The Morgan fingerprint density at radius 1 is 1.39 bits per heavy atom. The molecule has 1 rings (SSSR count). The topological polar surface area (TPSA) is 82.0 Å². The lowest BCUT2D eigenvalue weighted by atomic mass is 10.4. The quantitative estimate of drug-likeness (QED) is 0.795. The maximum absolute atomic E-state index is 12.1. The van der Waals surface area contributed by atoms with Gasteiger partial charge in [0.1, 0.15) is 11.5 Å². The average Bonchev–Trinajstić information content (AvgIpc) is 2.31. The van der Waals surface area contributed by atoms with E-state index in [0.29, 0.717) is 13.0 Å². The molecule has 0 aliphatic heterocycles. The number of nitrogens with zero attached hydrogens (tertiary/aromatic N) is 2. The van der Waals surface area contributed by atoms with Gasteiger partial charge in [0, 0.05) is 13.6 Å². The van der Waals surface area contributed by atoms with Crippen LogP contribution in [-0.2, 0) is 13.6 Å². The molecular formula is C10H16F2N4O2. The van der Waals surface area contributed by atoms with Crippen molar-refractivity contribution in [3.05, 3.63) is 20.8 Å². The number of nitrogens with one attached hydrogen (secondary N) is 1. The van der Waals surface area contributed by atoms with E-state index >= 15 is 0 Å². The molecular weight excluding hydrogens is 246 g/mol. The summed E-state index contributed by atoms with van der Waals surface area (Å²) in [5, 5.41) is 2.28. The number of rotatable bonds is 5. The van der Waals surface area contributed by atoms with Gasteiger partial charge in [-0.15, -0.1) is 0 Å². The number of hydrogen-bond donors (Lipinski definition) is 2. The smallest absolute Gasteiger partial charge is 0.332 e. The fraction of sp³-hybridized carbons (Fsp3) is 0.600. The Bertz CT molecular complexity index is 536. The standard InChI is InChI=1S/C10H16F2N4O2/c1-3-4-16-8(13)7(14-5-6(11)12)9(17)15(2)10(16)18/h6,14H,3-5,13H2,1-2H3. The molecule has 0 aliphatic carbocycles. The van der Waals surface area contributed by atoms with E-state index in [4.69, 9.17) is 5.73 Å². The summed E-state index contributed by atoms with van der Waals surface area (Å²) in [5.74, 6) is -0.106. The maximum Gasteiger partial charge on any atom is 0.332 e. The number of hydrogen-bond acceptors (Lipinski definition) is 4. The first-order valence-electron chi connectivity index (χ1n) is 5.51. The highest BCUT2D eigenvalue weighted by Crippen LogP contribution is 2.11. The molecule has 0 radical (unpaired) electrons. The lowest BCUT2D eigenvalue weighted by molar-refractivity contribution is 0.163. The third-order valence-corrected chi connectivity index (χ3v) is 2.46. The van der Waals surface area contributed by atoms with E-state index in [9.17, 15) is 18.4 Å². The van der Waals surface area contributed by atoms with Gasteiger partial charge in [0.25, 0.3) is 12.0 Å². The normalized spacial score (nSPS) is 10.9. The van der Waals surface area contributed by atoms with Crippen LogP contribution in [0.25, 0.3) is 0 Å². The SMILES string of the molecule is CCCn1c(N)c(NCC(F)F)c(=O)n(C)c1=O. The molecule has 1 aromatic heterocycles. The Balaban J connectivity index is 3.33. The monoisotopic (exact) mass is 262 g/mol. The molecule has 0 amide bonds. The summed E-state index contributed by atoms with van der Waals surface area (Å²) in [5.41, 5.74) is 4.25. The Hall–Kier alpha value is -1.86. The molecule has 1 heterocycles. The van der Waals surface area contributed by atoms with Crippen molar-refractivity contribution < 1.29 is 8.78 Å². The van der Waals surface area contributed by atoms with Crippen molar-refractivity contribution in [2.45, 2.75) is 26.3 Å². The first-order chi connectivity index (χ1) is 8.40. The van der Waals surface area contributed by atoms with Crippen molar-refractivity contribution in [3.8, 4) is 0 Å². The van der Waals surface area contributed by atoms with Crippen molar-refractivity contribution in [1.29, 1.82) is 0 Å². The zero-order valence-electron chi connectivity index (χ0n) is 10.2. The van der Waals surface area contributed by atoms with Crippen molar-refractivity contribution >= 4 is 11.5 Å². The molecule has 0 saturated carbocycles. The molecule has 0 fully saturated rings. The van der Waals surface area contributed by atoms with Gasteiger partial charge in [-0.1, -0.05) is 6.92 Å². The zero-order chi connectivity index (χ0) is 13.9. The second-order valence-corrected chi connectivity index (χ2v) is 3.83. The molecule has 3 N–H and O–H groups in total. The van der Waals surface area contributed by atoms with Crippen LogP contribution < -0.4 is 22.3 Å². The molecule has 0 atom stereocenters. The first kappa shape index (κ1) is 14.2. The van der Waals surface area contributed by atoms with E-state index in [2.05, 4.69) is 5.32 Å². The Kier molecular flexibility index (Phi) is 4.46. The van der Waals surface area contributed by atoms with Crippen molar-refractivity contribution in [2.24, 2.45) is 7.05 Å². The first-order valence-corrected chi connectivity index (χ1v) is 5.51. The molecule has 6 nitrogen and oxygen atoms in total. The maximum atomic E-state index is 12.1. The fourth-order valence-corrected chi connectivity index (χ4v) is 1.57. The predicted octanol–water partition coefficient (Wildman–Crippen LogP) is 0.216. The molecule has 0 unspecified atom stereocenters. The van der Waals surface area contributed by atoms with E-state index in [1.807, 2.05) is 6.92 Å². The summed E-state index contributed by atoms with van der Waals surface area (Å²) in [6, 6.07) is 0. The predicted molar refractivity (Wildman–Crippen MR) is 65.1 cm³/mol. The molecule has 0 aliphatic rings. The van der Waals surface area contributed by atoms with E-state index < -0.39 is 24.2 Å². The number of nitrogens with two attached hydrogens (primary N) is 1. The van der Waals surface area contributed by atoms with Crippen LogP contribution in [0, 0.1) is 0 Å². The van der Waals surface area contributed by atoms with Gasteiger partial charge in [0.15, 0.2) is 0 Å². The second-order valence-electron chi connectivity index (χ2n) is 3.83. The summed E-state index contributed by atoms with van der Waals surface area (Å²) in [4.78, 5) is 23.5. The number of aromatic nitrogens is 2. The lowest BCUT2D eigenvalue weighted by Crippen LogP contribution is -2.41. The Morgan fingerprint density at radius 2 is 2.00 bits per heavy atom. The molecule has 18 heavy (non-hydrogen) atoms. The zero-order valence-corrected chi connectivity index (χ0v) is 10.2. The number of anilines is 2. The molecule has 0 saturated heterocycles. The van der Waals surface area contributed by atoms with Crippen LogP contribution in [0.1, 0.15) is 13.3 Å². The fourth-order valence-electron chi connectivity index (χ4n) is 1.57. The number of nitrogen functional groups attached to an aromatic ring is 1. The van der Waals surface area contributed by atoms with Crippen LogP contribution in [0.5, 0.6) is 0 Å². The third-order valence-electron chi connectivity index (χ3n) is 2.46. The van der Waals surface area contributed by atoms with Gasteiger partial charge in [-0.3, -0.25) is 13.9 Å². The van der Waals surface area contributed by atoms with Crippen LogP contribution in [0.15, 0.2) is 9.59 Å². The van der Waals surface area contributed by atoms with Crippen LogP contribution in [-0.4, -0.2) is 22.1 Å².